The Labute approximate surface area is 197 Å². The van der Waals surface area contributed by atoms with Crippen molar-refractivity contribution in [2.24, 2.45) is 7.05 Å². The molecule has 5 rings (SSSR count). The molecule has 0 aromatic carbocycles. The van der Waals surface area contributed by atoms with E-state index in [1.807, 2.05) is 28.7 Å². The minimum atomic E-state index is -0.0169. The number of imidazole rings is 1. The van der Waals surface area contributed by atoms with Crippen molar-refractivity contribution in [3.05, 3.63) is 30.2 Å². The van der Waals surface area contributed by atoms with Crippen molar-refractivity contribution in [2.75, 3.05) is 32.2 Å². The fourth-order valence-corrected chi connectivity index (χ4v) is 5.53. The molecule has 0 aliphatic carbocycles. The zero-order valence-corrected chi connectivity index (χ0v) is 20.6. The van der Waals surface area contributed by atoms with Gasteiger partial charge in [-0.2, -0.15) is 5.10 Å². The number of thiophene rings is 1. The van der Waals surface area contributed by atoms with Crippen molar-refractivity contribution in [1.29, 1.82) is 0 Å². The molecule has 0 unspecified atom stereocenters. The van der Waals surface area contributed by atoms with Gasteiger partial charge in [-0.25, -0.2) is 15.0 Å². The summed E-state index contributed by atoms with van der Waals surface area (Å²) in [5, 5.41) is 5.86. The van der Waals surface area contributed by atoms with Crippen molar-refractivity contribution in [2.45, 2.75) is 39.0 Å². The molecule has 33 heavy (non-hydrogen) atoms. The van der Waals surface area contributed by atoms with Crippen LogP contribution in [0.25, 0.3) is 32.4 Å². The van der Waals surface area contributed by atoms with Crippen molar-refractivity contribution in [3.8, 4) is 22.2 Å². The number of methoxy groups -OCH3 is 2. The minimum absolute atomic E-state index is 0.0169. The van der Waals surface area contributed by atoms with E-state index in [2.05, 4.69) is 36.7 Å². The van der Waals surface area contributed by atoms with Gasteiger partial charge >= 0.3 is 0 Å². The van der Waals surface area contributed by atoms with Gasteiger partial charge in [0.1, 0.15) is 28.6 Å². The number of aryl methyl sites for hydroxylation is 2. The zero-order chi connectivity index (χ0) is 23.3. The van der Waals surface area contributed by atoms with Gasteiger partial charge in [0.2, 0.25) is 0 Å². The lowest BCUT2D eigenvalue weighted by Gasteiger charge is -2.19. The van der Waals surface area contributed by atoms with Gasteiger partial charge in [0.05, 0.1) is 10.3 Å². The molecule has 174 valence electrons. The Balaban J connectivity index is 1.69. The van der Waals surface area contributed by atoms with E-state index in [9.17, 15) is 0 Å². The smallest absolute Gasteiger partial charge is 0.199 e. The first kappa shape index (κ1) is 22.0. The van der Waals surface area contributed by atoms with Crippen LogP contribution in [0.5, 0.6) is 0 Å². The summed E-state index contributed by atoms with van der Waals surface area (Å²) in [6.07, 6.45) is 5.67. The summed E-state index contributed by atoms with van der Waals surface area (Å²) in [5.74, 6) is 2.24. The molecule has 10 heteroatoms. The summed E-state index contributed by atoms with van der Waals surface area (Å²) in [4.78, 5) is 18.7. The molecule has 4 aromatic heterocycles. The van der Waals surface area contributed by atoms with Crippen LogP contribution in [-0.2, 0) is 16.5 Å². The Morgan fingerprint density at radius 1 is 1.09 bits per heavy atom. The lowest BCUT2D eigenvalue weighted by Crippen LogP contribution is -2.27. The van der Waals surface area contributed by atoms with Crippen molar-refractivity contribution < 1.29 is 9.47 Å². The largest absolute Gasteiger partial charge is 0.377 e. The molecule has 1 fully saturated rings. The Morgan fingerprint density at radius 3 is 2.39 bits per heavy atom. The molecule has 1 aliphatic heterocycles. The van der Waals surface area contributed by atoms with Crippen LogP contribution in [0.4, 0.5) is 5.82 Å². The SMILES string of the molecule is CO[C@H]1CN(c2nc(-c3nccn3C)nc3sc(-c4ccn(C(C)C)n4)c(C)c23)C[C@H]1OC. The van der Waals surface area contributed by atoms with Gasteiger partial charge in [-0.3, -0.25) is 4.68 Å². The van der Waals surface area contributed by atoms with Crippen molar-refractivity contribution in [1.82, 2.24) is 29.3 Å². The third-order valence-electron chi connectivity index (χ3n) is 6.28. The average molecular weight is 468 g/mol. The van der Waals surface area contributed by atoms with E-state index in [4.69, 9.17) is 24.5 Å². The van der Waals surface area contributed by atoms with E-state index >= 15 is 0 Å². The molecule has 4 aromatic rings. The molecule has 1 aliphatic rings. The summed E-state index contributed by atoms with van der Waals surface area (Å²) in [6, 6.07) is 2.38. The Kier molecular flexibility index (Phi) is 5.67. The number of ether oxygens (including phenoxy) is 2. The third kappa shape index (κ3) is 3.71. The van der Waals surface area contributed by atoms with E-state index < -0.39 is 0 Å². The molecule has 0 saturated carbocycles. The molecule has 0 amide bonds. The highest BCUT2D eigenvalue weighted by molar-refractivity contribution is 7.22. The maximum absolute atomic E-state index is 5.69. The number of hydrogen-bond acceptors (Lipinski definition) is 8. The first-order valence-electron chi connectivity index (χ1n) is 11.1. The minimum Gasteiger partial charge on any atom is -0.377 e. The second kappa shape index (κ2) is 8.51. The number of anilines is 1. The highest BCUT2D eigenvalue weighted by atomic mass is 32.1. The molecule has 0 bridgehead atoms. The maximum atomic E-state index is 5.69. The van der Waals surface area contributed by atoms with Crippen LogP contribution in [0.2, 0.25) is 0 Å². The van der Waals surface area contributed by atoms with Crippen LogP contribution in [-0.4, -0.2) is 68.8 Å². The second-order valence-corrected chi connectivity index (χ2v) is 9.70. The van der Waals surface area contributed by atoms with Gasteiger partial charge in [0.25, 0.3) is 0 Å². The molecule has 9 nitrogen and oxygen atoms in total. The van der Waals surface area contributed by atoms with Gasteiger partial charge in [-0.15, -0.1) is 11.3 Å². The topological polar surface area (TPSA) is 83.1 Å². The molecular formula is C23H29N7O2S. The standard InChI is InChI=1S/C23H29N7O2S/c1-13(2)30-9-7-15(27-30)19-14(3)18-21(29-11-16(31-5)17(12-29)32-6)25-20(26-23(18)33-19)22-24-8-10-28(22)4/h7-10,13,16-17H,11-12H2,1-6H3/t16-,17+. The molecule has 0 spiro atoms. The van der Waals surface area contributed by atoms with Gasteiger partial charge in [-0.1, -0.05) is 0 Å². The van der Waals surface area contributed by atoms with Crippen LogP contribution in [0.3, 0.4) is 0 Å². The van der Waals surface area contributed by atoms with Crippen LogP contribution in [0, 0.1) is 6.92 Å². The summed E-state index contributed by atoms with van der Waals surface area (Å²) >= 11 is 1.65. The summed E-state index contributed by atoms with van der Waals surface area (Å²) in [6.45, 7) is 7.79. The first-order valence-corrected chi connectivity index (χ1v) is 11.9. The summed E-state index contributed by atoms with van der Waals surface area (Å²) in [5.41, 5.74) is 2.10. The van der Waals surface area contributed by atoms with Crippen molar-refractivity contribution >= 4 is 27.4 Å². The lowest BCUT2D eigenvalue weighted by atomic mass is 10.1. The van der Waals surface area contributed by atoms with Crippen LogP contribution in [0.1, 0.15) is 25.5 Å². The number of fused-ring (bicyclic) bond motifs is 1. The van der Waals surface area contributed by atoms with Gasteiger partial charge < -0.3 is 18.9 Å². The molecule has 0 N–H and O–H groups in total. The first-order chi connectivity index (χ1) is 15.9. The normalized spacial score (nSPS) is 18.8. The van der Waals surface area contributed by atoms with E-state index in [1.54, 1.807) is 31.8 Å². The average Bonchev–Trinajstić information content (AvgIpc) is 3.58. The quantitative estimate of drug-likeness (QED) is 0.428. The highest BCUT2D eigenvalue weighted by Gasteiger charge is 2.35. The number of rotatable bonds is 6. The van der Waals surface area contributed by atoms with Crippen molar-refractivity contribution in [3.63, 3.8) is 0 Å². The Morgan fingerprint density at radius 2 is 1.82 bits per heavy atom. The van der Waals surface area contributed by atoms with E-state index in [0.717, 1.165) is 38.0 Å². The molecule has 5 heterocycles. The zero-order valence-electron chi connectivity index (χ0n) is 19.8. The number of hydrogen-bond donors (Lipinski definition) is 0. The molecule has 0 radical (unpaired) electrons. The summed E-state index contributed by atoms with van der Waals surface area (Å²) in [7, 11) is 5.42. The Hall–Kier alpha value is -2.82. The van der Waals surface area contributed by atoms with Gasteiger partial charge in [0, 0.05) is 59.0 Å². The Bertz CT molecular complexity index is 1280. The van der Waals surface area contributed by atoms with E-state index in [-0.39, 0.29) is 12.2 Å². The van der Waals surface area contributed by atoms with E-state index in [1.165, 1.54) is 0 Å². The predicted molar refractivity (Wildman–Crippen MR) is 130 cm³/mol. The monoisotopic (exact) mass is 467 g/mol. The molecular weight excluding hydrogens is 438 g/mol. The lowest BCUT2D eigenvalue weighted by molar-refractivity contribution is -0.00461. The maximum Gasteiger partial charge on any atom is 0.199 e. The van der Waals surface area contributed by atoms with E-state index in [0.29, 0.717) is 25.0 Å². The third-order valence-corrected chi connectivity index (χ3v) is 7.49. The molecule has 2 atom stereocenters. The van der Waals surface area contributed by atoms with Gasteiger partial charge in [0.15, 0.2) is 11.6 Å². The fourth-order valence-electron chi connectivity index (χ4n) is 4.39. The predicted octanol–water partition coefficient (Wildman–Crippen LogP) is 3.69. The van der Waals surface area contributed by atoms with Crippen LogP contribution < -0.4 is 4.90 Å². The highest BCUT2D eigenvalue weighted by Crippen LogP contribution is 2.42. The van der Waals surface area contributed by atoms with Crippen LogP contribution in [0.15, 0.2) is 24.7 Å². The second-order valence-electron chi connectivity index (χ2n) is 8.70. The van der Waals surface area contributed by atoms with Crippen LogP contribution >= 0.6 is 11.3 Å². The van der Waals surface area contributed by atoms with Gasteiger partial charge in [-0.05, 0) is 32.4 Å². The fraction of sp³-hybridized carbons (Fsp3) is 0.478. The molecule has 1 saturated heterocycles. The number of aromatic nitrogens is 6. The summed E-state index contributed by atoms with van der Waals surface area (Å²) < 4.78 is 15.3. The number of nitrogens with zero attached hydrogens (tertiary/aromatic N) is 7.